The van der Waals surface area contributed by atoms with Gasteiger partial charge < -0.3 is 10.2 Å². The largest absolute Gasteiger partial charge is 0.317 e. The molecule has 0 amide bonds. The van der Waals surface area contributed by atoms with Crippen molar-refractivity contribution in [3.05, 3.63) is 0 Å². The molecule has 0 aromatic rings. The van der Waals surface area contributed by atoms with E-state index >= 15 is 0 Å². The van der Waals surface area contributed by atoms with Gasteiger partial charge in [0.1, 0.15) is 0 Å². The Kier molecular flexibility index (Phi) is 6.09. The summed E-state index contributed by atoms with van der Waals surface area (Å²) in [7, 11) is 4.33. The number of likely N-dealkylation sites (tertiary alicyclic amines) is 1. The molecule has 0 spiro atoms. The van der Waals surface area contributed by atoms with Crippen molar-refractivity contribution in [3.63, 3.8) is 0 Å². The minimum atomic E-state index is 0.319. The zero-order chi connectivity index (χ0) is 13.8. The summed E-state index contributed by atoms with van der Waals surface area (Å²) in [5.74, 6) is 0. The zero-order valence-corrected chi connectivity index (χ0v) is 13.3. The van der Waals surface area contributed by atoms with Crippen LogP contribution in [0.15, 0.2) is 0 Å². The van der Waals surface area contributed by atoms with Crippen molar-refractivity contribution >= 4 is 0 Å². The molecule has 1 heterocycles. The van der Waals surface area contributed by atoms with Crippen LogP contribution in [0.1, 0.15) is 40.5 Å². The highest BCUT2D eigenvalue weighted by molar-refractivity contribution is 4.85. The number of rotatable bonds is 7. The number of hydrogen-bond acceptors (Lipinski definition) is 3. The van der Waals surface area contributed by atoms with Gasteiger partial charge in [-0.25, -0.2) is 0 Å². The van der Waals surface area contributed by atoms with Gasteiger partial charge >= 0.3 is 0 Å². The van der Waals surface area contributed by atoms with Crippen LogP contribution in [0.2, 0.25) is 0 Å². The van der Waals surface area contributed by atoms with E-state index in [1.54, 1.807) is 0 Å². The molecule has 2 atom stereocenters. The minimum Gasteiger partial charge on any atom is -0.317 e. The average Bonchev–Trinajstić information content (AvgIpc) is 2.74. The minimum absolute atomic E-state index is 0.319. The molecule has 3 heteroatoms. The van der Waals surface area contributed by atoms with Gasteiger partial charge in [0.25, 0.3) is 0 Å². The number of nitrogens with zero attached hydrogens (tertiary/aromatic N) is 2. The first-order valence-corrected chi connectivity index (χ1v) is 7.50. The second-order valence-electron chi connectivity index (χ2n) is 6.62. The Morgan fingerprint density at radius 3 is 2.67 bits per heavy atom. The number of hydrogen-bond donors (Lipinski definition) is 1. The molecule has 2 unspecified atom stereocenters. The Labute approximate surface area is 114 Å². The normalized spacial score (nSPS) is 23.8. The smallest absolute Gasteiger partial charge is 0.0223 e. The van der Waals surface area contributed by atoms with Crippen molar-refractivity contribution in [1.82, 2.24) is 15.1 Å². The average molecular weight is 255 g/mol. The Balaban J connectivity index is 2.43. The third-order valence-electron chi connectivity index (χ3n) is 4.71. The molecule has 0 radical (unpaired) electrons. The third kappa shape index (κ3) is 4.22. The Hall–Kier alpha value is -0.120. The molecular weight excluding hydrogens is 222 g/mol. The number of likely N-dealkylation sites (N-methyl/N-ethyl adjacent to an activating group) is 2. The molecule has 1 aliphatic heterocycles. The summed E-state index contributed by atoms with van der Waals surface area (Å²) in [6.07, 6.45) is 2.75. The van der Waals surface area contributed by atoms with E-state index < -0.39 is 0 Å². The van der Waals surface area contributed by atoms with Crippen LogP contribution in [0.25, 0.3) is 0 Å². The molecule has 0 bridgehead atoms. The molecule has 3 nitrogen and oxygen atoms in total. The monoisotopic (exact) mass is 255 g/mol. The van der Waals surface area contributed by atoms with Gasteiger partial charge in [0.15, 0.2) is 0 Å². The molecule has 1 rings (SSSR count). The molecule has 1 aliphatic rings. The van der Waals surface area contributed by atoms with E-state index in [1.165, 1.54) is 32.5 Å². The lowest BCUT2D eigenvalue weighted by atomic mass is 9.85. The van der Waals surface area contributed by atoms with Crippen molar-refractivity contribution < 1.29 is 0 Å². The summed E-state index contributed by atoms with van der Waals surface area (Å²) < 4.78 is 0. The predicted octanol–water partition coefficient (Wildman–Crippen LogP) is 2.04. The summed E-state index contributed by atoms with van der Waals surface area (Å²) in [4.78, 5) is 5.15. The third-order valence-corrected chi connectivity index (χ3v) is 4.71. The molecule has 1 N–H and O–H groups in total. The van der Waals surface area contributed by atoms with Crippen LogP contribution in [0.3, 0.4) is 0 Å². The predicted molar refractivity (Wildman–Crippen MR) is 80.1 cm³/mol. The molecule has 0 aromatic carbocycles. The van der Waals surface area contributed by atoms with Crippen molar-refractivity contribution in [1.29, 1.82) is 0 Å². The van der Waals surface area contributed by atoms with E-state index in [9.17, 15) is 0 Å². The number of nitrogens with one attached hydrogen (secondary N) is 1. The van der Waals surface area contributed by atoms with E-state index in [-0.39, 0.29) is 0 Å². The Morgan fingerprint density at radius 1 is 1.44 bits per heavy atom. The van der Waals surface area contributed by atoms with Gasteiger partial charge in [-0.1, -0.05) is 20.8 Å². The maximum atomic E-state index is 3.39. The lowest BCUT2D eigenvalue weighted by Crippen LogP contribution is -2.47. The van der Waals surface area contributed by atoms with E-state index in [0.717, 1.165) is 12.6 Å². The van der Waals surface area contributed by atoms with Crippen LogP contribution in [0.4, 0.5) is 0 Å². The van der Waals surface area contributed by atoms with Crippen molar-refractivity contribution in [3.8, 4) is 0 Å². The highest BCUT2D eigenvalue weighted by Gasteiger charge is 2.29. The highest BCUT2D eigenvalue weighted by Crippen LogP contribution is 2.23. The fraction of sp³-hybridized carbons (Fsp3) is 1.00. The van der Waals surface area contributed by atoms with Gasteiger partial charge in [0.05, 0.1) is 0 Å². The quantitative estimate of drug-likeness (QED) is 0.751. The maximum Gasteiger partial charge on any atom is 0.0223 e. The summed E-state index contributed by atoms with van der Waals surface area (Å²) in [5.41, 5.74) is 0.319. The lowest BCUT2D eigenvalue weighted by Gasteiger charge is -2.37. The van der Waals surface area contributed by atoms with Crippen LogP contribution in [-0.2, 0) is 0 Å². The van der Waals surface area contributed by atoms with Gasteiger partial charge in [0, 0.05) is 25.2 Å². The Morgan fingerprint density at radius 2 is 2.11 bits per heavy atom. The molecular formula is C15H33N3. The van der Waals surface area contributed by atoms with E-state index in [2.05, 4.69) is 56.9 Å². The SMILES string of the molecule is CCN1CCCC1CN(C)CC(C)(C)C(C)NC. The van der Waals surface area contributed by atoms with Crippen LogP contribution in [-0.4, -0.2) is 62.2 Å². The van der Waals surface area contributed by atoms with Gasteiger partial charge in [0.2, 0.25) is 0 Å². The van der Waals surface area contributed by atoms with Crippen LogP contribution in [0, 0.1) is 5.41 Å². The lowest BCUT2D eigenvalue weighted by molar-refractivity contribution is 0.135. The van der Waals surface area contributed by atoms with Gasteiger partial charge in [-0.2, -0.15) is 0 Å². The van der Waals surface area contributed by atoms with Crippen molar-refractivity contribution in [2.45, 2.75) is 52.6 Å². The van der Waals surface area contributed by atoms with Crippen LogP contribution >= 0.6 is 0 Å². The molecule has 1 saturated heterocycles. The van der Waals surface area contributed by atoms with E-state index in [1.807, 2.05) is 0 Å². The van der Waals surface area contributed by atoms with Gasteiger partial charge in [-0.3, -0.25) is 4.90 Å². The van der Waals surface area contributed by atoms with Crippen LogP contribution < -0.4 is 5.32 Å². The fourth-order valence-corrected chi connectivity index (χ4v) is 3.17. The Bertz CT molecular complexity index is 240. The topological polar surface area (TPSA) is 18.5 Å². The fourth-order valence-electron chi connectivity index (χ4n) is 3.17. The molecule has 0 saturated carbocycles. The molecule has 0 aliphatic carbocycles. The standard InChI is InChI=1S/C15H33N3/c1-7-18-10-8-9-14(18)11-17(6)12-15(3,4)13(2)16-5/h13-14,16H,7-12H2,1-6H3. The summed E-state index contributed by atoms with van der Waals surface area (Å²) >= 11 is 0. The van der Waals surface area contributed by atoms with Crippen molar-refractivity contribution in [2.24, 2.45) is 5.41 Å². The van der Waals surface area contributed by atoms with Crippen molar-refractivity contribution in [2.75, 3.05) is 40.3 Å². The first kappa shape index (κ1) is 15.9. The molecule has 108 valence electrons. The second-order valence-corrected chi connectivity index (χ2v) is 6.62. The maximum absolute atomic E-state index is 3.39. The summed E-state index contributed by atoms with van der Waals surface area (Å²) in [6.45, 7) is 14.2. The second kappa shape index (κ2) is 6.88. The highest BCUT2D eigenvalue weighted by atomic mass is 15.2. The zero-order valence-electron chi connectivity index (χ0n) is 13.3. The summed E-state index contributed by atoms with van der Waals surface area (Å²) in [5, 5.41) is 3.39. The molecule has 1 fully saturated rings. The van der Waals surface area contributed by atoms with E-state index in [0.29, 0.717) is 11.5 Å². The summed E-state index contributed by atoms with van der Waals surface area (Å²) in [6, 6.07) is 1.33. The van der Waals surface area contributed by atoms with E-state index in [4.69, 9.17) is 0 Å². The molecule has 0 aromatic heterocycles. The first-order chi connectivity index (χ1) is 8.40. The van der Waals surface area contributed by atoms with Crippen LogP contribution in [0.5, 0.6) is 0 Å². The van der Waals surface area contributed by atoms with Gasteiger partial charge in [-0.05, 0) is 52.4 Å². The van der Waals surface area contributed by atoms with Gasteiger partial charge in [-0.15, -0.1) is 0 Å². The first-order valence-electron chi connectivity index (χ1n) is 7.50. The molecule has 18 heavy (non-hydrogen) atoms.